The van der Waals surface area contributed by atoms with Crippen LogP contribution in [0.3, 0.4) is 0 Å². The van der Waals surface area contributed by atoms with Gasteiger partial charge in [-0.2, -0.15) is 0 Å². The predicted molar refractivity (Wildman–Crippen MR) is 40.4 cm³/mol. The third kappa shape index (κ3) is 3.22. The van der Waals surface area contributed by atoms with Gasteiger partial charge in [-0.15, -0.1) is 0 Å². The van der Waals surface area contributed by atoms with Crippen LogP contribution in [0.5, 0.6) is 0 Å². The van der Waals surface area contributed by atoms with Crippen molar-refractivity contribution in [1.82, 2.24) is 0 Å². The van der Waals surface area contributed by atoms with Gasteiger partial charge in [0.2, 0.25) is 0 Å². The predicted octanol–water partition coefficient (Wildman–Crippen LogP) is 0.589. The molecule has 0 fully saturated rings. The SMILES string of the molecule is CCS(Br)=P(O)(O)O. The average molecular weight is 223 g/mol. The Morgan fingerprint density at radius 3 is 1.88 bits per heavy atom. The molecule has 0 radical (unpaired) electrons. The fraction of sp³-hybridized carbons (Fsp3) is 1.00. The van der Waals surface area contributed by atoms with E-state index in [0.29, 0.717) is 5.75 Å². The van der Waals surface area contributed by atoms with E-state index in [2.05, 4.69) is 14.8 Å². The minimum Gasteiger partial charge on any atom is -0.328 e. The molecule has 0 saturated heterocycles. The standard InChI is InChI=1S/C2H8BrO3PS/c1-2-8(3)7(4,5)6/h4-6H,2H2,1H3. The number of hydrogen-bond acceptors (Lipinski definition) is 0. The summed E-state index contributed by atoms with van der Waals surface area (Å²) < 4.78 is 0. The van der Waals surface area contributed by atoms with Crippen molar-refractivity contribution in [2.75, 3.05) is 5.75 Å². The Hall–Kier alpha value is 1.14. The van der Waals surface area contributed by atoms with Crippen LogP contribution in [-0.2, 0) is 8.51 Å². The van der Waals surface area contributed by atoms with Gasteiger partial charge in [0.25, 0.3) is 6.72 Å². The minimum absolute atomic E-state index is 0.539. The highest BCUT2D eigenvalue weighted by atomic mass is 79.9. The molecule has 0 amide bonds. The van der Waals surface area contributed by atoms with Crippen molar-refractivity contribution in [2.24, 2.45) is 0 Å². The Balaban J connectivity index is 4.28. The maximum absolute atomic E-state index is 8.47. The van der Waals surface area contributed by atoms with Crippen LogP contribution in [-0.4, -0.2) is 20.4 Å². The zero-order valence-corrected chi connectivity index (χ0v) is 7.58. The van der Waals surface area contributed by atoms with Gasteiger partial charge in [-0.05, 0) is 23.3 Å². The van der Waals surface area contributed by atoms with Crippen LogP contribution >= 0.6 is 21.5 Å². The molecule has 0 aromatic carbocycles. The van der Waals surface area contributed by atoms with Gasteiger partial charge in [0.05, 0.1) is 0 Å². The summed E-state index contributed by atoms with van der Waals surface area (Å²) in [4.78, 5) is 25.4. The van der Waals surface area contributed by atoms with Crippen LogP contribution in [0.1, 0.15) is 6.92 Å². The first-order valence-corrected chi connectivity index (χ1v) is 7.42. The van der Waals surface area contributed by atoms with Gasteiger partial charge >= 0.3 is 0 Å². The Bertz CT molecular complexity index is 121. The Kier molecular flexibility index (Phi) is 3.82. The van der Waals surface area contributed by atoms with Gasteiger partial charge in [-0.3, -0.25) is 0 Å². The topological polar surface area (TPSA) is 60.7 Å². The highest BCUT2D eigenvalue weighted by molar-refractivity contribution is 9.50. The molecule has 0 aromatic heterocycles. The van der Waals surface area contributed by atoms with E-state index in [1.807, 2.05) is 0 Å². The Morgan fingerprint density at radius 1 is 1.50 bits per heavy atom. The van der Waals surface area contributed by atoms with Crippen LogP contribution in [0.2, 0.25) is 0 Å². The van der Waals surface area contributed by atoms with E-state index >= 15 is 0 Å². The lowest BCUT2D eigenvalue weighted by atomic mass is 11.0. The Labute approximate surface area is 57.7 Å². The van der Waals surface area contributed by atoms with Crippen molar-refractivity contribution in [2.45, 2.75) is 6.92 Å². The molecule has 3 N–H and O–H groups in total. The second kappa shape index (κ2) is 3.34. The quantitative estimate of drug-likeness (QED) is 0.570. The van der Waals surface area contributed by atoms with Crippen LogP contribution in [0.4, 0.5) is 0 Å². The molecule has 0 aliphatic rings. The Morgan fingerprint density at radius 2 is 1.88 bits per heavy atom. The first kappa shape index (κ1) is 9.14. The molecule has 3 nitrogen and oxygen atoms in total. The summed E-state index contributed by atoms with van der Waals surface area (Å²) in [6.45, 7) is -1.80. The summed E-state index contributed by atoms with van der Waals surface area (Å²) in [5.41, 5.74) is 0. The summed E-state index contributed by atoms with van der Waals surface area (Å²) in [5, 5.41) is 0. The second-order valence-electron chi connectivity index (χ2n) is 1.11. The van der Waals surface area contributed by atoms with E-state index in [-0.39, 0.29) is 0 Å². The molecule has 6 heteroatoms. The lowest BCUT2D eigenvalue weighted by Gasteiger charge is -2.04. The molecule has 0 heterocycles. The van der Waals surface area contributed by atoms with E-state index in [9.17, 15) is 0 Å². The molecule has 1 atom stereocenters. The fourth-order valence-corrected chi connectivity index (χ4v) is 1.56. The monoisotopic (exact) mass is 222 g/mol. The smallest absolute Gasteiger partial charge is 0.287 e. The van der Waals surface area contributed by atoms with Gasteiger partial charge < -0.3 is 14.7 Å². The van der Waals surface area contributed by atoms with Crippen LogP contribution in [0.15, 0.2) is 0 Å². The number of rotatable bonds is 1. The first-order chi connectivity index (χ1) is 3.48. The lowest BCUT2D eigenvalue weighted by molar-refractivity contribution is 0.363. The van der Waals surface area contributed by atoms with E-state index in [1.54, 1.807) is 6.92 Å². The van der Waals surface area contributed by atoms with Gasteiger partial charge in [-0.25, -0.2) is 0 Å². The van der Waals surface area contributed by atoms with Gasteiger partial charge in [0, 0.05) is 5.75 Å². The summed E-state index contributed by atoms with van der Waals surface area (Å²) >= 11 is 2.92. The van der Waals surface area contributed by atoms with Crippen molar-refractivity contribution in [3.8, 4) is 0 Å². The fourth-order valence-electron chi connectivity index (χ4n) is 0.173. The number of halogens is 1. The van der Waals surface area contributed by atoms with Gasteiger partial charge in [-0.1, -0.05) is 6.92 Å². The molecule has 0 bridgehead atoms. The summed E-state index contributed by atoms with van der Waals surface area (Å²) in [5.74, 6) is 0.539. The molecule has 52 valence electrons. The normalized spacial score (nSPS) is 16.1. The highest BCUT2D eigenvalue weighted by Crippen LogP contribution is 2.38. The van der Waals surface area contributed by atoms with Crippen molar-refractivity contribution >= 4 is 30.0 Å². The summed E-state index contributed by atoms with van der Waals surface area (Å²) in [6, 6.07) is 0. The van der Waals surface area contributed by atoms with Crippen LogP contribution in [0.25, 0.3) is 0 Å². The molecule has 1 unspecified atom stereocenters. The average Bonchev–Trinajstić information content (AvgIpc) is 1.62. The van der Waals surface area contributed by atoms with Gasteiger partial charge in [0.1, 0.15) is 0 Å². The number of hydrogen-bond donors (Lipinski definition) is 3. The molecule has 0 aliphatic heterocycles. The first-order valence-electron chi connectivity index (χ1n) is 1.93. The molecule has 0 aliphatic carbocycles. The van der Waals surface area contributed by atoms with Gasteiger partial charge in [0.15, 0.2) is 0 Å². The van der Waals surface area contributed by atoms with E-state index in [0.717, 1.165) is 0 Å². The largest absolute Gasteiger partial charge is 0.328 e. The molecular weight excluding hydrogens is 215 g/mol. The minimum atomic E-state index is -3.56. The molecule has 8 heavy (non-hydrogen) atoms. The van der Waals surface area contributed by atoms with E-state index in [4.69, 9.17) is 14.7 Å². The second-order valence-corrected chi connectivity index (χ2v) is 9.97. The van der Waals surface area contributed by atoms with Crippen molar-refractivity contribution in [3.05, 3.63) is 0 Å². The van der Waals surface area contributed by atoms with Crippen molar-refractivity contribution in [3.63, 3.8) is 0 Å². The zero-order chi connectivity index (χ0) is 6.78. The van der Waals surface area contributed by atoms with E-state index < -0.39 is 15.2 Å². The highest BCUT2D eigenvalue weighted by Gasteiger charge is 2.06. The maximum Gasteiger partial charge on any atom is 0.287 e. The lowest BCUT2D eigenvalue weighted by Crippen LogP contribution is -1.86. The van der Waals surface area contributed by atoms with Crippen LogP contribution in [0, 0.1) is 0 Å². The van der Waals surface area contributed by atoms with Crippen LogP contribution < -0.4 is 0 Å². The molecule has 0 saturated carbocycles. The molecule has 0 rings (SSSR count). The molecular formula is C2H8BrO3PS. The third-order valence-electron chi connectivity index (χ3n) is 0.504. The third-order valence-corrected chi connectivity index (χ3v) is 8.75. The van der Waals surface area contributed by atoms with Crippen molar-refractivity contribution in [1.29, 1.82) is 0 Å². The summed E-state index contributed by atoms with van der Waals surface area (Å²) in [7, 11) is -0.804. The maximum atomic E-state index is 8.47. The molecule has 0 spiro atoms. The van der Waals surface area contributed by atoms with E-state index in [1.165, 1.54) is 0 Å². The zero-order valence-electron chi connectivity index (χ0n) is 4.28. The van der Waals surface area contributed by atoms with Crippen molar-refractivity contribution < 1.29 is 14.7 Å². The summed E-state index contributed by atoms with van der Waals surface area (Å²) in [6.07, 6.45) is 0. The molecule has 0 aromatic rings.